The zero-order valence-electron chi connectivity index (χ0n) is 15.5. The van der Waals surface area contributed by atoms with Gasteiger partial charge in [-0.3, -0.25) is 24.0 Å². The first-order valence-electron chi connectivity index (χ1n) is 9.50. The number of furan rings is 1. The van der Waals surface area contributed by atoms with E-state index in [-0.39, 0.29) is 12.0 Å². The van der Waals surface area contributed by atoms with Gasteiger partial charge in [-0.15, -0.1) is 0 Å². The smallest absolute Gasteiger partial charge is 0.332 e. The predicted molar refractivity (Wildman–Crippen MR) is 101 cm³/mol. The van der Waals surface area contributed by atoms with Crippen LogP contribution in [0.1, 0.15) is 29.9 Å². The van der Waals surface area contributed by atoms with Crippen molar-refractivity contribution in [1.29, 1.82) is 0 Å². The summed E-state index contributed by atoms with van der Waals surface area (Å²) in [6.45, 7) is 3.33. The van der Waals surface area contributed by atoms with Crippen molar-refractivity contribution in [2.75, 3.05) is 13.1 Å². The molecule has 0 bridgehead atoms. The molecule has 5 rings (SSSR count). The average molecular weight is 379 g/mol. The number of aromatic nitrogens is 4. The normalized spacial score (nSPS) is 21.4. The Kier molecular flexibility index (Phi) is 4.01. The second kappa shape index (κ2) is 6.56. The number of hydrogen-bond donors (Lipinski definition) is 0. The number of pyridine rings is 1. The highest BCUT2D eigenvalue weighted by molar-refractivity contribution is 5.19. The Bertz CT molecular complexity index is 1100. The van der Waals surface area contributed by atoms with Crippen molar-refractivity contribution in [1.82, 2.24) is 24.2 Å². The van der Waals surface area contributed by atoms with Gasteiger partial charge in [0.1, 0.15) is 5.82 Å². The lowest BCUT2D eigenvalue weighted by atomic mass is 9.85. The van der Waals surface area contributed by atoms with E-state index in [0.717, 1.165) is 43.9 Å². The minimum absolute atomic E-state index is 0.178. The predicted octanol–water partition coefficient (Wildman–Crippen LogP) is 0.989. The van der Waals surface area contributed by atoms with E-state index >= 15 is 0 Å². The third kappa shape index (κ3) is 2.80. The van der Waals surface area contributed by atoms with Crippen LogP contribution in [0, 0.1) is 0 Å². The molecule has 0 N–H and O–H groups in total. The van der Waals surface area contributed by atoms with Gasteiger partial charge in [0.15, 0.2) is 0 Å². The molecular weight excluding hydrogens is 358 g/mol. The van der Waals surface area contributed by atoms with Crippen molar-refractivity contribution >= 4 is 0 Å². The number of fused-ring (bicyclic) bond motifs is 2. The van der Waals surface area contributed by atoms with Gasteiger partial charge in [0.05, 0.1) is 24.8 Å². The van der Waals surface area contributed by atoms with E-state index < -0.39 is 11.1 Å². The zero-order valence-corrected chi connectivity index (χ0v) is 15.5. The minimum atomic E-state index is -0.584. The van der Waals surface area contributed by atoms with Crippen molar-refractivity contribution in [2.45, 2.75) is 37.9 Å². The van der Waals surface area contributed by atoms with Crippen molar-refractivity contribution in [3.05, 3.63) is 80.8 Å². The highest BCUT2D eigenvalue weighted by Crippen LogP contribution is 2.40. The second-order valence-electron chi connectivity index (χ2n) is 7.69. The Morgan fingerprint density at radius 3 is 2.75 bits per heavy atom. The number of hydrogen-bond acceptors (Lipinski definition) is 6. The molecule has 3 aromatic heterocycles. The van der Waals surface area contributed by atoms with E-state index in [2.05, 4.69) is 15.0 Å². The van der Waals surface area contributed by atoms with Gasteiger partial charge < -0.3 is 4.42 Å². The minimum Gasteiger partial charge on any atom is -0.472 e. The fraction of sp³-hybridized carbons (Fsp3) is 0.400. The first-order valence-corrected chi connectivity index (χ1v) is 9.50. The Morgan fingerprint density at radius 1 is 1.07 bits per heavy atom. The van der Waals surface area contributed by atoms with Crippen LogP contribution in [-0.2, 0) is 25.0 Å². The van der Waals surface area contributed by atoms with Gasteiger partial charge in [-0.1, -0.05) is 6.07 Å². The molecule has 0 amide bonds. The van der Waals surface area contributed by atoms with Gasteiger partial charge in [-0.25, -0.2) is 4.68 Å². The second-order valence-corrected chi connectivity index (χ2v) is 7.69. The topological polar surface area (TPSA) is 86.2 Å². The standard InChI is InChI=1S/C20H21N5O3/c26-17-18(27)25(12-16-3-1-2-7-21-16)22-19-20(6-9-24(17)19)5-8-23(14-20)11-15-4-10-28-13-15/h1-4,7,10,13H,5-6,8-9,11-12,14H2/t20-/m1/s1. The lowest BCUT2D eigenvalue weighted by molar-refractivity contribution is 0.297. The highest BCUT2D eigenvalue weighted by atomic mass is 16.3. The molecule has 1 atom stereocenters. The summed E-state index contributed by atoms with van der Waals surface area (Å²) in [6, 6.07) is 7.48. The van der Waals surface area contributed by atoms with E-state index in [1.807, 2.05) is 24.3 Å². The lowest BCUT2D eigenvalue weighted by Gasteiger charge is -2.23. The largest absolute Gasteiger partial charge is 0.472 e. The Hall–Kier alpha value is -3.00. The first-order chi connectivity index (χ1) is 13.6. The van der Waals surface area contributed by atoms with Crippen LogP contribution in [-0.4, -0.2) is 37.3 Å². The molecule has 2 aliphatic heterocycles. The molecule has 0 unspecified atom stereocenters. The van der Waals surface area contributed by atoms with Crippen molar-refractivity contribution < 1.29 is 4.42 Å². The molecule has 144 valence electrons. The van der Waals surface area contributed by atoms with Crippen LogP contribution in [0.3, 0.4) is 0 Å². The Labute approximate surface area is 161 Å². The highest BCUT2D eigenvalue weighted by Gasteiger charge is 2.47. The van der Waals surface area contributed by atoms with Gasteiger partial charge >= 0.3 is 11.1 Å². The fourth-order valence-corrected chi connectivity index (χ4v) is 4.45. The molecule has 28 heavy (non-hydrogen) atoms. The third-order valence-electron chi connectivity index (χ3n) is 5.88. The molecule has 3 aromatic rings. The van der Waals surface area contributed by atoms with Crippen molar-refractivity contribution in [3.63, 3.8) is 0 Å². The monoisotopic (exact) mass is 379 g/mol. The molecule has 1 saturated heterocycles. The molecule has 0 radical (unpaired) electrons. The van der Waals surface area contributed by atoms with Crippen LogP contribution < -0.4 is 11.1 Å². The summed E-state index contributed by atoms with van der Waals surface area (Å²) < 4.78 is 8.03. The van der Waals surface area contributed by atoms with Crippen LogP contribution in [0.2, 0.25) is 0 Å². The van der Waals surface area contributed by atoms with Crippen LogP contribution in [0.15, 0.2) is 57.0 Å². The molecule has 5 heterocycles. The van der Waals surface area contributed by atoms with Gasteiger partial charge in [-0.05, 0) is 37.6 Å². The zero-order chi connectivity index (χ0) is 19.1. The molecule has 0 aromatic carbocycles. The first kappa shape index (κ1) is 17.1. The van der Waals surface area contributed by atoms with E-state index in [1.54, 1.807) is 23.3 Å². The molecule has 8 nitrogen and oxygen atoms in total. The fourth-order valence-electron chi connectivity index (χ4n) is 4.45. The Morgan fingerprint density at radius 2 is 1.96 bits per heavy atom. The lowest BCUT2D eigenvalue weighted by Crippen LogP contribution is -2.45. The number of rotatable bonds is 4. The summed E-state index contributed by atoms with van der Waals surface area (Å²) in [4.78, 5) is 31.8. The van der Waals surface area contributed by atoms with E-state index in [9.17, 15) is 9.59 Å². The van der Waals surface area contributed by atoms with Crippen molar-refractivity contribution in [3.8, 4) is 0 Å². The van der Waals surface area contributed by atoms with E-state index in [0.29, 0.717) is 12.2 Å². The summed E-state index contributed by atoms with van der Waals surface area (Å²) in [5.74, 6) is 0.739. The van der Waals surface area contributed by atoms with Gasteiger partial charge in [0.2, 0.25) is 0 Å². The van der Waals surface area contributed by atoms with E-state index in [4.69, 9.17) is 4.42 Å². The quantitative estimate of drug-likeness (QED) is 0.629. The molecule has 2 aliphatic rings. The molecule has 8 heteroatoms. The molecular formula is C20H21N5O3. The van der Waals surface area contributed by atoms with Gasteiger partial charge in [0.25, 0.3) is 0 Å². The average Bonchev–Trinajstić information content (AvgIpc) is 3.44. The maximum absolute atomic E-state index is 12.7. The third-order valence-corrected chi connectivity index (χ3v) is 5.88. The summed E-state index contributed by atoms with van der Waals surface area (Å²) in [6.07, 6.45) is 6.89. The maximum atomic E-state index is 12.7. The summed E-state index contributed by atoms with van der Waals surface area (Å²) in [5, 5.41) is 4.66. The maximum Gasteiger partial charge on any atom is 0.332 e. The summed E-state index contributed by atoms with van der Waals surface area (Å²) >= 11 is 0. The summed E-state index contributed by atoms with van der Waals surface area (Å²) in [7, 11) is 0. The van der Waals surface area contributed by atoms with Gasteiger partial charge in [0, 0.05) is 36.8 Å². The van der Waals surface area contributed by atoms with Crippen LogP contribution in [0.4, 0.5) is 0 Å². The summed E-state index contributed by atoms with van der Waals surface area (Å²) in [5.41, 5.74) is 0.607. The van der Waals surface area contributed by atoms with Crippen molar-refractivity contribution in [2.24, 2.45) is 0 Å². The number of likely N-dealkylation sites (tertiary alicyclic amines) is 1. The van der Waals surface area contributed by atoms with Crippen LogP contribution in [0.5, 0.6) is 0 Å². The SMILES string of the molecule is O=c1c(=O)n2c(nn1Cc1ccccn1)[C@]1(CCN(Cc3ccoc3)C1)CC2. The molecule has 0 saturated carbocycles. The van der Waals surface area contributed by atoms with Crippen LogP contribution in [0.25, 0.3) is 0 Å². The molecule has 1 fully saturated rings. The van der Waals surface area contributed by atoms with Gasteiger partial charge in [-0.2, -0.15) is 5.10 Å². The number of nitrogens with zero attached hydrogens (tertiary/aromatic N) is 5. The Balaban J connectivity index is 1.48. The van der Waals surface area contributed by atoms with Crippen LogP contribution >= 0.6 is 0 Å². The van der Waals surface area contributed by atoms with E-state index in [1.165, 1.54) is 4.68 Å². The molecule has 1 spiro atoms. The molecule has 0 aliphatic carbocycles.